The van der Waals surface area contributed by atoms with Gasteiger partial charge in [-0.1, -0.05) is 45.7 Å². The van der Waals surface area contributed by atoms with Crippen molar-refractivity contribution in [3.63, 3.8) is 0 Å². The van der Waals surface area contributed by atoms with Crippen LogP contribution in [0.25, 0.3) is 0 Å². The molecule has 0 fully saturated rings. The second kappa shape index (κ2) is 6.70. The Hall–Kier alpha value is -0.140. The van der Waals surface area contributed by atoms with E-state index in [4.69, 9.17) is 16.3 Å². The maximum Gasteiger partial charge on any atom is 0.221 e. The molecule has 0 bridgehead atoms. The summed E-state index contributed by atoms with van der Waals surface area (Å²) >= 11 is 8.91. The molecule has 0 saturated carbocycles. The van der Waals surface area contributed by atoms with E-state index in [0.29, 0.717) is 5.02 Å². The smallest absolute Gasteiger partial charge is 0.221 e. The minimum atomic E-state index is -3.30. The number of ether oxygens (including phenoxy) is 1. The van der Waals surface area contributed by atoms with Gasteiger partial charge >= 0.3 is 0 Å². The van der Waals surface area contributed by atoms with Crippen molar-refractivity contribution in [3.8, 4) is 0 Å². The van der Waals surface area contributed by atoms with Crippen LogP contribution in [0.5, 0.6) is 0 Å². The van der Waals surface area contributed by atoms with E-state index < -0.39 is 16.1 Å². The summed E-state index contributed by atoms with van der Waals surface area (Å²) in [7, 11) is -1.79. The summed E-state index contributed by atoms with van der Waals surface area (Å²) in [4.78, 5) is 0. The van der Waals surface area contributed by atoms with Crippen molar-refractivity contribution in [3.05, 3.63) is 34.9 Å². The van der Waals surface area contributed by atoms with Gasteiger partial charge in [0.05, 0.1) is 6.10 Å². The van der Waals surface area contributed by atoms with E-state index in [1.165, 1.54) is 7.11 Å². The van der Waals surface area contributed by atoms with Crippen LogP contribution < -0.4 is 4.72 Å². The van der Waals surface area contributed by atoms with Crippen LogP contribution in [0.3, 0.4) is 0 Å². The Morgan fingerprint density at radius 3 is 2.65 bits per heavy atom. The molecule has 1 rings (SSSR count). The fourth-order valence-electron chi connectivity index (χ4n) is 1.30. The van der Waals surface area contributed by atoms with Gasteiger partial charge in [-0.25, -0.2) is 13.1 Å². The van der Waals surface area contributed by atoms with Crippen LogP contribution in [-0.2, 0) is 14.8 Å². The zero-order chi connectivity index (χ0) is 12.9. The van der Waals surface area contributed by atoms with Crippen LogP contribution in [0.4, 0.5) is 0 Å². The largest absolute Gasteiger partial charge is 0.375 e. The van der Waals surface area contributed by atoms with E-state index in [2.05, 4.69) is 20.7 Å². The van der Waals surface area contributed by atoms with Crippen molar-refractivity contribution < 1.29 is 13.2 Å². The average Bonchev–Trinajstić information content (AvgIpc) is 2.32. The number of halogens is 2. The zero-order valence-electron chi connectivity index (χ0n) is 9.19. The molecule has 7 heteroatoms. The summed E-state index contributed by atoms with van der Waals surface area (Å²) in [5, 5.41) is 0.553. The first-order valence-corrected chi connectivity index (χ1v) is 7.96. The number of hydrogen-bond acceptors (Lipinski definition) is 3. The lowest BCUT2D eigenvalue weighted by molar-refractivity contribution is 0.107. The highest BCUT2D eigenvalue weighted by molar-refractivity contribution is 9.10. The monoisotopic (exact) mass is 341 g/mol. The van der Waals surface area contributed by atoms with E-state index in [-0.39, 0.29) is 11.2 Å². The highest BCUT2D eigenvalue weighted by atomic mass is 79.9. The first-order chi connectivity index (χ1) is 8.00. The Kier molecular flexibility index (Phi) is 5.88. The van der Waals surface area contributed by atoms with E-state index in [9.17, 15) is 8.42 Å². The molecular formula is C10H13BrClNO3S. The number of benzene rings is 1. The molecule has 0 aliphatic heterocycles. The van der Waals surface area contributed by atoms with Crippen molar-refractivity contribution in [2.24, 2.45) is 0 Å². The Morgan fingerprint density at radius 2 is 2.12 bits per heavy atom. The van der Waals surface area contributed by atoms with Crippen molar-refractivity contribution in [1.82, 2.24) is 4.72 Å². The maximum absolute atomic E-state index is 11.3. The number of rotatable bonds is 6. The van der Waals surface area contributed by atoms with E-state index in [1.54, 1.807) is 18.2 Å². The third-order valence-electron chi connectivity index (χ3n) is 2.17. The van der Waals surface area contributed by atoms with Crippen LogP contribution in [0.15, 0.2) is 24.3 Å². The number of nitrogens with one attached hydrogen (secondary N) is 1. The van der Waals surface area contributed by atoms with Gasteiger partial charge in [-0.3, -0.25) is 0 Å². The van der Waals surface area contributed by atoms with Crippen LogP contribution in [0.1, 0.15) is 11.7 Å². The molecule has 0 amide bonds. The zero-order valence-corrected chi connectivity index (χ0v) is 12.3. The van der Waals surface area contributed by atoms with Gasteiger partial charge < -0.3 is 4.74 Å². The highest BCUT2D eigenvalue weighted by Gasteiger charge is 2.16. The second-order valence-corrected chi connectivity index (χ2v) is 6.84. The topological polar surface area (TPSA) is 55.4 Å². The Balaban J connectivity index is 2.77. The normalized spacial score (nSPS) is 13.6. The van der Waals surface area contributed by atoms with Crippen molar-refractivity contribution >= 4 is 37.6 Å². The third kappa shape index (κ3) is 4.56. The minimum absolute atomic E-state index is 0.140. The lowest BCUT2D eigenvalue weighted by Gasteiger charge is -2.17. The molecular weight excluding hydrogens is 330 g/mol. The van der Waals surface area contributed by atoms with Crippen molar-refractivity contribution in [2.45, 2.75) is 6.10 Å². The number of alkyl halides is 1. The van der Waals surface area contributed by atoms with Crippen LogP contribution >= 0.6 is 27.5 Å². The summed E-state index contributed by atoms with van der Waals surface area (Å²) in [6.45, 7) is 0.147. The summed E-state index contributed by atoms with van der Waals surface area (Å²) in [6, 6.07) is 7.17. The fraction of sp³-hybridized carbons (Fsp3) is 0.400. The summed E-state index contributed by atoms with van der Waals surface area (Å²) < 4.78 is 30.1. The van der Waals surface area contributed by atoms with E-state index in [0.717, 1.165) is 5.56 Å². The quantitative estimate of drug-likeness (QED) is 0.807. The Bertz CT molecular complexity index is 466. The summed E-state index contributed by atoms with van der Waals surface area (Å²) in [5.74, 6) is 0. The molecule has 0 radical (unpaired) electrons. The number of methoxy groups -OCH3 is 1. The van der Waals surface area contributed by atoms with Gasteiger partial charge in [-0.05, 0) is 6.07 Å². The summed E-state index contributed by atoms with van der Waals surface area (Å²) in [5.41, 5.74) is 0.758. The van der Waals surface area contributed by atoms with E-state index >= 15 is 0 Å². The third-order valence-corrected chi connectivity index (χ3v) is 5.22. The molecule has 1 aromatic carbocycles. The summed E-state index contributed by atoms with van der Waals surface area (Å²) in [6.07, 6.45) is -0.405. The second-order valence-electron chi connectivity index (χ2n) is 3.32. The maximum atomic E-state index is 11.3. The molecule has 1 aromatic rings. The van der Waals surface area contributed by atoms with Gasteiger partial charge in [0.2, 0.25) is 10.0 Å². The molecule has 1 unspecified atom stereocenters. The standard InChI is InChI=1S/C10H13BrClNO3S/c1-16-10(6-13-17(14,15)7-11)8-4-2-3-5-9(8)12/h2-5,10,13H,6-7H2,1H3. The first-order valence-electron chi connectivity index (χ1n) is 4.80. The predicted octanol–water partition coefficient (Wildman–Crippen LogP) is 2.30. The van der Waals surface area contributed by atoms with Crippen LogP contribution in [-0.4, -0.2) is 26.7 Å². The molecule has 0 saturated heterocycles. The van der Waals surface area contributed by atoms with Crippen molar-refractivity contribution in [1.29, 1.82) is 0 Å². The van der Waals surface area contributed by atoms with Gasteiger partial charge in [0.15, 0.2) is 0 Å². The molecule has 4 nitrogen and oxygen atoms in total. The molecule has 1 N–H and O–H groups in total. The Labute approximate surface area is 114 Å². The molecule has 0 aliphatic carbocycles. The molecule has 96 valence electrons. The predicted molar refractivity (Wildman–Crippen MR) is 71.9 cm³/mol. The van der Waals surface area contributed by atoms with Gasteiger partial charge in [0.1, 0.15) is 4.66 Å². The Morgan fingerprint density at radius 1 is 1.47 bits per heavy atom. The van der Waals surface area contributed by atoms with Gasteiger partial charge in [-0.2, -0.15) is 0 Å². The van der Waals surface area contributed by atoms with Crippen LogP contribution in [0.2, 0.25) is 5.02 Å². The molecule has 0 aliphatic rings. The lowest BCUT2D eigenvalue weighted by Crippen LogP contribution is -2.29. The van der Waals surface area contributed by atoms with Gasteiger partial charge in [0.25, 0.3) is 0 Å². The molecule has 0 aromatic heterocycles. The number of hydrogen-bond donors (Lipinski definition) is 1. The van der Waals surface area contributed by atoms with Crippen LogP contribution in [0, 0.1) is 0 Å². The minimum Gasteiger partial charge on any atom is -0.375 e. The molecule has 1 atom stereocenters. The lowest BCUT2D eigenvalue weighted by atomic mass is 10.1. The molecule has 0 heterocycles. The number of sulfonamides is 1. The first kappa shape index (κ1) is 14.9. The SMILES string of the molecule is COC(CNS(=O)(=O)CBr)c1ccccc1Cl. The molecule has 17 heavy (non-hydrogen) atoms. The average molecular weight is 343 g/mol. The molecule has 0 spiro atoms. The fourth-order valence-corrected chi connectivity index (χ4v) is 2.52. The van der Waals surface area contributed by atoms with Gasteiger partial charge in [0, 0.05) is 24.2 Å². The van der Waals surface area contributed by atoms with Crippen molar-refractivity contribution in [2.75, 3.05) is 18.3 Å². The van der Waals surface area contributed by atoms with Gasteiger partial charge in [-0.15, -0.1) is 0 Å². The van der Waals surface area contributed by atoms with E-state index in [1.807, 2.05) is 6.07 Å². The highest BCUT2D eigenvalue weighted by Crippen LogP contribution is 2.24.